The Kier molecular flexibility index (Phi) is 6.18. The number of para-hydroxylation sites is 1. The third kappa shape index (κ3) is 4.40. The van der Waals surface area contributed by atoms with Crippen molar-refractivity contribution in [3.63, 3.8) is 0 Å². The van der Waals surface area contributed by atoms with Gasteiger partial charge in [-0.25, -0.2) is 9.78 Å². The lowest BCUT2D eigenvalue weighted by atomic mass is 10.1. The first-order valence-corrected chi connectivity index (χ1v) is 8.95. The van der Waals surface area contributed by atoms with E-state index in [9.17, 15) is 9.59 Å². The van der Waals surface area contributed by atoms with Crippen LogP contribution in [0, 0.1) is 6.92 Å². The lowest BCUT2D eigenvalue weighted by Gasteiger charge is -2.21. The number of amides is 1. The minimum atomic E-state index is -0.558. The topological polar surface area (TPSA) is 103 Å². The van der Waals surface area contributed by atoms with Crippen LogP contribution in [0.4, 0.5) is 0 Å². The summed E-state index contributed by atoms with van der Waals surface area (Å²) in [6.45, 7) is 6.04. The summed E-state index contributed by atoms with van der Waals surface area (Å²) >= 11 is 0. The number of ether oxygens (including phenoxy) is 1. The number of hydrogen-bond donors (Lipinski definition) is 0. The molecule has 0 N–H and O–H groups in total. The van der Waals surface area contributed by atoms with E-state index in [1.54, 1.807) is 48.5 Å². The fourth-order valence-corrected chi connectivity index (χ4v) is 2.85. The van der Waals surface area contributed by atoms with E-state index in [-0.39, 0.29) is 11.6 Å². The van der Waals surface area contributed by atoms with Crippen LogP contribution >= 0.6 is 0 Å². The number of esters is 1. The highest BCUT2D eigenvalue weighted by Crippen LogP contribution is 2.17. The van der Waals surface area contributed by atoms with Crippen molar-refractivity contribution < 1.29 is 18.7 Å². The van der Waals surface area contributed by atoms with Crippen molar-refractivity contribution in [1.82, 2.24) is 24.9 Å². The summed E-state index contributed by atoms with van der Waals surface area (Å²) < 4.78 is 10.2. The molecule has 0 spiro atoms. The molecular formula is C20H21N5O4. The van der Waals surface area contributed by atoms with E-state index < -0.39 is 5.97 Å². The number of aryl methyl sites for hydroxylation is 1. The number of rotatable bonds is 8. The summed E-state index contributed by atoms with van der Waals surface area (Å²) in [6, 6.07) is 7.10. The molecule has 9 heteroatoms. The van der Waals surface area contributed by atoms with Gasteiger partial charge in [-0.05, 0) is 19.1 Å². The zero-order valence-corrected chi connectivity index (χ0v) is 16.2. The van der Waals surface area contributed by atoms with Crippen LogP contribution in [-0.4, -0.2) is 57.0 Å². The molecule has 0 atom stereocenters. The Labute approximate surface area is 167 Å². The fourth-order valence-electron chi connectivity index (χ4n) is 2.85. The molecule has 2 aromatic heterocycles. The Bertz CT molecular complexity index is 1010. The van der Waals surface area contributed by atoms with Gasteiger partial charge in [0.05, 0.1) is 30.8 Å². The first kappa shape index (κ1) is 20.0. The standard InChI is InChI=1S/C20H21N5O4/c1-4-12-24(13-9-17-23-18(14(2)29-17)20(27)28-3)19(26)15-7-5-6-8-16(15)25-21-10-11-22-25/h4-8,10-11H,1,9,12-13H2,2-3H3. The third-order valence-electron chi connectivity index (χ3n) is 4.22. The van der Waals surface area contributed by atoms with Crippen molar-refractivity contribution >= 4 is 11.9 Å². The molecule has 1 aromatic carbocycles. The number of carbonyl (C=O) groups is 2. The van der Waals surface area contributed by atoms with E-state index in [0.717, 1.165) is 0 Å². The molecule has 0 saturated carbocycles. The number of oxazole rings is 1. The van der Waals surface area contributed by atoms with Crippen LogP contribution < -0.4 is 0 Å². The average molecular weight is 395 g/mol. The predicted octanol–water partition coefficient (Wildman–Crippen LogP) is 2.22. The van der Waals surface area contributed by atoms with E-state index in [4.69, 9.17) is 4.42 Å². The van der Waals surface area contributed by atoms with Gasteiger partial charge in [-0.1, -0.05) is 18.2 Å². The summed E-state index contributed by atoms with van der Waals surface area (Å²) in [6.07, 6.45) is 5.08. The molecule has 1 amide bonds. The second-order valence-corrected chi connectivity index (χ2v) is 6.13. The number of nitrogens with zero attached hydrogens (tertiary/aromatic N) is 5. The molecule has 150 valence electrons. The van der Waals surface area contributed by atoms with Gasteiger partial charge in [0, 0.05) is 19.5 Å². The Morgan fingerprint density at radius 3 is 2.69 bits per heavy atom. The summed E-state index contributed by atoms with van der Waals surface area (Å²) in [4.78, 5) is 32.1. The third-order valence-corrected chi connectivity index (χ3v) is 4.22. The van der Waals surface area contributed by atoms with Crippen LogP contribution in [0.15, 0.2) is 53.7 Å². The van der Waals surface area contributed by atoms with Gasteiger partial charge in [-0.3, -0.25) is 4.79 Å². The number of benzene rings is 1. The van der Waals surface area contributed by atoms with Crippen molar-refractivity contribution in [2.75, 3.05) is 20.2 Å². The van der Waals surface area contributed by atoms with Gasteiger partial charge >= 0.3 is 5.97 Å². The monoisotopic (exact) mass is 395 g/mol. The zero-order chi connectivity index (χ0) is 20.8. The summed E-state index contributed by atoms with van der Waals surface area (Å²) in [7, 11) is 1.28. The molecule has 3 aromatic rings. The van der Waals surface area contributed by atoms with Crippen molar-refractivity contribution in [2.45, 2.75) is 13.3 Å². The van der Waals surface area contributed by atoms with Gasteiger partial charge < -0.3 is 14.1 Å². The summed E-state index contributed by atoms with van der Waals surface area (Å²) in [5.41, 5.74) is 1.18. The molecule has 0 fully saturated rings. The molecule has 0 unspecified atom stereocenters. The van der Waals surface area contributed by atoms with Gasteiger partial charge in [-0.15, -0.1) is 6.58 Å². The Balaban J connectivity index is 1.80. The van der Waals surface area contributed by atoms with E-state index in [2.05, 4.69) is 26.5 Å². The first-order valence-electron chi connectivity index (χ1n) is 8.95. The van der Waals surface area contributed by atoms with Crippen LogP contribution in [0.3, 0.4) is 0 Å². The molecule has 0 bridgehead atoms. The van der Waals surface area contributed by atoms with Crippen molar-refractivity contribution in [3.8, 4) is 5.69 Å². The van der Waals surface area contributed by atoms with Crippen LogP contribution in [0.2, 0.25) is 0 Å². The molecule has 0 aliphatic rings. The van der Waals surface area contributed by atoms with E-state index >= 15 is 0 Å². The summed E-state index contributed by atoms with van der Waals surface area (Å²) in [5.74, 6) is -0.0261. The highest BCUT2D eigenvalue weighted by molar-refractivity contribution is 5.97. The van der Waals surface area contributed by atoms with Crippen LogP contribution in [0.5, 0.6) is 0 Å². The van der Waals surface area contributed by atoms with Gasteiger partial charge in [0.1, 0.15) is 5.76 Å². The highest BCUT2D eigenvalue weighted by Gasteiger charge is 2.22. The largest absolute Gasteiger partial charge is 0.464 e. The van der Waals surface area contributed by atoms with E-state index in [1.165, 1.54) is 11.9 Å². The Hall–Kier alpha value is -3.75. The van der Waals surface area contributed by atoms with E-state index in [1.807, 2.05) is 6.07 Å². The SMILES string of the molecule is C=CCN(CCc1nc(C(=O)OC)c(C)o1)C(=O)c1ccccc1-n1nccn1. The Morgan fingerprint density at radius 2 is 2.00 bits per heavy atom. The number of carbonyl (C=O) groups excluding carboxylic acids is 2. The lowest BCUT2D eigenvalue weighted by Crippen LogP contribution is -2.34. The average Bonchev–Trinajstić information content (AvgIpc) is 3.40. The Morgan fingerprint density at radius 1 is 1.28 bits per heavy atom. The smallest absolute Gasteiger partial charge is 0.360 e. The fraction of sp³-hybridized carbons (Fsp3) is 0.250. The van der Waals surface area contributed by atoms with Crippen LogP contribution in [-0.2, 0) is 11.2 Å². The second-order valence-electron chi connectivity index (χ2n) is 6.13. The van der Waals surface area contributed by atoms with Gasteiger partial charge in [0.15, 0.2) is 11.6 Å². The minimum absolute atomic E-state index is 0.138. The molecule has 29 heavy (non-hydrogen) atoms. The van der Waals surface area contributed by atoms with Crippen molar-refractivity contribution in [1.29, 1.82) is 0 Å². The highest BCUT2D eigenvalue weighted by atomic mass is 16.5. The minimum Gasteiger partial charge on any atom is -0.464 e. The van der Waals surface area contributed by atoms with Crippen molar-refractivity contribution in [2.24, 2.45) is 0 Å². The summed E-state index contributed by atoms with van der Waals surface area (Å²) in [5, 5.41) is 8.22. The van der Waals surface area contributed by atoms with Gasteiger partial charge in [0.2, 0.25) is 0 Å². The maximum absolute atomic E-state index is 13.2. The number of aromatic nitrogens is 4. The maximum Gasteiger partial charge on any atom is 0.360 e. The number of methoxy groups -OCH3 is 1. The van der Waals surface area contributed by atoms with Crippen LogP contribution in [0.1, 0.15) is 32.5 Å². The van der Waals surface area contributed by atoms with Gasteiger partial charge in [0.25, 0.3) is 5.91 Å². The maximum atomic E-state index is 13.2. The quantitative estimate of drug-likeness (QED) is 0.425. The zero-order valence-electron chi connectivity index (χ0n) is 16.2. The molecule has 0 aliphatic heterocycles. The molecule has 0 saturated heterocycles. The predicted molar refractivity (Wildman–Crippen MR) is 104 cm³/mol. The molecule has 3 rings (SSSR count). The lowest BCUT2D eigenvalue weighted by molar-refractivity contribution is 0.0592. The van der Waals surface area contributed by atoms with Crippen molar-refractivity contribution in [3.05, 3.63) is 72.2 Å². The number of hydrogen-bond acceptors (Lipinski definition) is 7. The van der Waals surface area contributed by atoms with E-state index in [0.29, 0.717) is 42.4 Å². The molecular weight excluding hydrogens is 374 g/mol. The molecule has 9 nitrogen and oxygen atoms in total. The molecule has 0 aliphatic carbocycles. The first-order chi connectivity index (χ1) is 14.0. The molecule has 2 heterocycles. The second kappa shape index (κ2) is 8.96. The molecule has 0 radical (unpaired) electrons. The normalized spacial score (nSPS) is 10.6. The van der Waals surface area contributed by atoms with Crippen LogP contribution in [0.25, 0.3) is 5.69 Å². The van der Waals surface area contributed by atoms with Gasteiger partial charge in [-0.2, -0.15) is 15.0 Å².